The van der Waals surface area contributed by atoms with E-state index in [4.69, 9.17) is 4.98 Å². The Bertz CT molecular complexity index is 3370. The average molecular weight is 912 g/mol. The molecular weight excluding hydrogens is 831 g/mol. The molecule has 5 aliphatic carbocycles. The van der Waals surface area contributed by atoms with Crippen molar-refractivity contribution >= 4 is 59.4 Å². The molecule has 0 radical (unpaired) electrons. The normalized spacial score (nSPS) is 23.9. The van der Waals surface area contributed by atoms with Crippen LogP contribution in [0.15, 0.2) is 48.0 Å². The molecule has 0 N–H and O–H groups in total. The zero-order valence-corrected chi connectivity index (χ0v) is 45.0. The number of pyridine rings is 1. The Labute approximate surface area is 415 Å². The second-order valence-corrected chi connectivity index (χ2v) is 25.1. The molecule has 6 aromatic carbocycles. The molecule has 12 rings (SSSR count). The van der Waals surface area contributed by atoms with Crippen LogP contribution in [0.3, 0.4) is 0 Å². The number of aromatic nitrogens is 1. The van der Waals surface area contributed by atoms with Gasteiger partial charge in [-0.2, -0.15) is 0 Å². The van der Waals surface area contributed by atoms with Gasteiger partial charge in [-0.15, -0.1) is 0 Å². The molecule has 7 unspecified atom stereocenters. The van der Waals surface area contributed by atoms with Crippen LogP contribution in [0.25, 0.3) is 59.4 Å². The number of unbranched alkanes of at least 4 members (excludes halogenated alkanes) is 1. The van der Waals surface area contributed by atoms with E-state index in [2.05, 4.69) is 139 Å². The smallest absolute Gasteiger partial charge is 0.0491 e. The molecule has 1 heterocycles. The number of nitrogens with zero attached hydrogens (tertiary/aromatic N) is 1. The third-order valence-corrected chi connectivity index (χ3v) is 20.2. The van der Waals surface area contributed by atoms with Gasteiger partial charge in [0.05, 0.1) is 0 Å². The van der Waals surface area contributed by atoms with Gasteiger partial charge in [0.2, 0.25) is 0 Å². The first-order valence-electron chi connectivity index (χ1n) is 28.2. The fourth-order valence-electron chi connectivity index (χ4n) is 16.4. The summed E-state index contributed by atoms with van der Waals surface area (Å²) in [6.07, 6.45) is 13.6. The van der Waals surface area contributed by atoms with Crippen molar-refractivity contribution < 1.29 is 0 Å². The Morgan fingerprint density at radius 2 is 1.35 bits per heavy atom. The maximum absolute atomic E-state index is 5.52. The molecule has 0 spiro atoms. The summed E-state index contributed by atoms with van der Waals surface area (Å²) in [6, 6.07) is 18.0. The van der Waals surface area contributed by atoms with Crippen molar-refractivity contribution in [3.63, 3.8) is 0 Å². The summed E-state index contributed by atoms with van der Waals surface area (Å²) < 4.78 is 0. The summed E-state index contributed by atoms with van der Waals surface area (Å²) in [5.74, 6) is 5.98. The van der Waals surface area contributed by atoms with Crippen molar-refractivity contribution in [3.05, 3.63) is 126 Å². The quantitative estimate of drug-likeness (QED) is 0.104. The first kappa shape index (κ1) is 45.6. The molecule has 0 amide bonds. The predicted octanol–water partition coefficient (Wildman–Crippen LogP) is 19.1. The Hall–Kier alpha value is -4.49. The molecule has 0 saturated carbocycles. The molecule has 1 heteroatoms. The van der Waals surface area contributed by atoms with E-state index in [-0.39, 0.29) is 0 Å². The van der Waals surface area contributed by atoms with Gasteiger partial charge < -0.3 is 0 Å². The molecule has 0 saturated heterocycles. The molecule has 5 aliphatic rings. The first-order valence-corrected chi connectivity index (χ1v) is 28.2. The minimum Gasteiger partial charge on any atom is -0.257 e. The minimum absolute atomic E-state index is 0.410. The molecule has 69 heavy (non-hydrogen) atoms. The Morgan fingerprint density at radius 1 is 0.580 bits per heavy atom. The Morgan fingerprint density at radius 3 is 2.09 bits per heavy atom. The molecule has 1 nitrogen and oxygen atoms in total. The molecule has 358 valence electrons. The number of fused-ring (bicyclic) bond motifs is 7. The number of benzene rings is 6. The SMILES string of the molecule is CCc1ccc2c(cc(C(C)C)c3c(C)c4c(cc32)CC(C)C2CCC(CCCCc3c(C)c5c6cc(C(C)C)nc7c6c6c8c5c5c(cc(C(C)C)cc35)CC8C(C)CC6C(C)C7)C(C)=C42)c1C. The average Bonchev–Trinajstić information content (AvgIpc) is 3.31. The lowest BCUT2D eigenvalue weighted by molar-refractivity contribution is 0.300. The second kappa shape index (κ2) is 16.5. The lowest BCUT2D eigenvalue weighted by Crippen LogP contribution is -2.32. The minimum atomic E-state index is 0.410. The van der Waals surface area contributed by atoms with E-state index < -0.39 is 0 Å². The van der Waals surface area contributed by atoms with E-state index in [1.165, 1.54) is 112 Å². The highest BCUT2D eigenvalue weighted by atomic mass is 14.7. The highest BCUT2D eigenvalue weighted by Gasteiger charge is 2.44. The van der Waals surface area contributed by atoms with Gasteiger partial charge in [-0.25, -0.2) is 0 Å². The van der Waals surface area contributed by atoms with Crippen LogP contribution in [0.5, 0.6) is 0 Å². The predicted molar refractivity (Wildman–Crippen MR) is 299 cm³/mol. The molecule has 1 aromatic heterocycles. The van der Waals surface area contributed by atoms with Gasteiger partial charge in [0, 0.05) is 16.8 Å². The van der Waals surface area contributed by atoms with Crippen LogP contribution in [0, 0.1) is 50.4 Å². The summed E-state index contributed by atoms with van der Waals surface area (Å²) in [6.45, 7) is 34.3. The van der Waals surface area contributed by atoms with Gasteiger partial charge in [0.1, 0.15) is 0 Å². The third kappa shape index (κ3) is 6.62. The van der Waals surface area contributed by atoms with Gasteiger partial charge in [-0.05, 0) is 290 Å². The molecule has 7 aromatic rings. The Kier molecular flexibility index (Phi) is 10.9. The van der Waals surface area contributed by atoms with Crippen molar-refractivity contribution in [2.24, 2.45) is 29.6 Å². The van der Waals surface area contributed by atoms with Crippen LogP contribution in [0.1, 0.15) is 222 Å². The highest BCUT2D eigenvalue weighted by molar-refractivity contribution is 6.24. The molecular formula is C68H81N. The fraction of sp³-hybridized carbons (Fsp3) is 0.515. The van der Waals surface area contributed by atoms with E-state index >= 15 is 0 Å². The van der Waals surface area contributed by atoms with Crippen LogP contribution < -0.4 is 0 Å². The summed E-state index contributed by atoms with van der Waals surface area (Å²) in [4.78, 5) is 5.52. The van der Waals surface area contributed by atoms with E-state index in [9.17, 15) is 0 Å². The summed E-state index contributed by atoms with van der Waals surface area (Å²) in [7, 11) is 0. The van der Waals surface area contributed by atoms with Crippen LogP contribution in [0.4, 0.5) is 0 Å². The largest absolute Gasteiger partial charge is 0.257 e. The number of hydrogen-bond donors (Lipinski definition) is 0. The topological polar surface area (TPSA) is 12.9 Å². The van der Waals surface area contributed by atoms with Crippen molar-refractivity contribution in [1.29, 1.82) is 0 Å². The standard InChI is InChI=1S/C68H81N/c1-15-43-20-23-50-54(39(43)11)31-51(34(4)5)61-42(14)60-46(30-56(50)61)24-36(8)48-22-21-44(40(12)62(48)60)18-16-17-19-49-41(13)63-57-32-58(35(6)7)69-59-26-38(10)52-25-37(9)53-29-47-27-45(33(2)3)28-55(49)64(47)68(63)67(53)66(52)65(57)59/h20,23,27-28,30-38,44,48,52-53H,15-19,21-22,24-26,29H2,1-14H3. The monoisotopic (exact) mass is 912 g/mol. The first-order chi connectivity index (χ1) is 33.1. The Balaban J connectivity index is 0.947. The zero-order chi connectivity index (χ0) is 48.2. The molecule has 7 atom stereocenters. The zero-order valence-electron chi connectivity index (χ0n) is 45.0. The lowest BCUT2D eigenvalue weighted by atomic mass is 9.58. The fourth-order valence-corrected chi connectivity index (χ4v) is 16.4. The summed E-state index contributed by atoms with van der Waals surface area (Å²) in [5, 5.41) is 15.5. The van der Waals surface area contributed by atoms with Crippen molar-refractivity contribution in [2.45, 2.75) is 197 Å². The maximum atomic E-state index is 5.52. The molecule has 0 fully saturated rings. The van der Waals surface area contributed by atoms with E-state index in [0.29, 0.717) is 59.2 Å². The lowest BCUT2D eigenvalue weighted by Gasteiger charge is -2.45. The molecule has 0 bridgehead atoms. The van der Waals surface area contributed by atoms with E-state index in [0.717, 1.165) is 19.3 Å². The summed E-state index contributed by atoms with van der Waals surface area (Å²) >= 11 is 0. The number of allylic oxidation sites excluding steroid dienone is 2. The maximum Gasteiger partial charge on any atom is 0.0491 e. The van der Waals surface area contributed by atoms with Gasteiger partial charge in [0.15, 0.2) is 0 Å². The van der Waals surface area contributed by atoms with Crippen LogP contribution in [-0.2, 0) is 32.1 Å². The van der Waals surface area contributed by atoms with E-state index in [1.54, 1.807) is 82.6 Å². The van der Waals surface area contributed by atoms with Crippen molar-refractivity contribution in [2.75, 3.05) is 0 Å². The highest BCUT2D eigenvalue weighted by Crippen LogP contribution is 2.60. The van der Waals surface area contributed by atoms with Crippen LogP contribution in [0.2, 0.25) is 0 Å². The van der Waals surface area contributed by atoms with Gasteiger partial charge in [-0.1, -0.05) is 105 Å². The van der Waals surface area contributed by atoms with Crippen LogP contribution in [-0.4, -0.2) is 4.98 Å². The third-order valence-electron chi connectivity index (χ3n) is 20.2. The van der Waals surface area contributed by atoms with Crippen molar-refractivity contribution in [3.8, 4) is 0 Å². The number of rotatable bonds is 9. The second-order valence-electron chi connectivity index (χ2n) is 25.1. The molecule has 0 aliphatic heterocycles. The van der Waals surface area contributed by atoms with Gasteiger partial charge >= 0.3 is 0 Å². The van der Waals surface area contributed by atoms with Gasteiger partial charge in [-0.3, -0.25) is 4.98 Å². The van der Waals surface area contributed by atoms with E-state index in [1.807, 2.05) is 0 Å². The number of hydrogen-bond acceptors (Lipinski definition) is 1. The summed E-state index contributed by atoms with van der Waals surface area (Å²) in [5.41, 5.74) is 25.3. The van der Waals surface area contributed by atoms with Crippen LogP contribution >= 0.6 is 0 Å². The number of aryl methyl sites for hydroxylation is 5. The van der Waals surface area contributed by atoms with Gasteiger partial charge in [0.25, 0.3) is 0 Å². The van der Waals surface area contributed by atoms with Crippen molar-refractivity contribution in [1.82, 2.24) is 4.98 Å².